The summed E-state index contributed by atoms with van der Waals surface area (Å²) < 4.78 is 27.8. The van der Waals surface area contributed by atoms with Gasteiger partial charge in [-0.25, -0.2) is 8.42 Å². The van der Waals surface area contributed by atoms with E-state index in [2.05, 4.69) is 5.32 Å². The third kappa shape index (κ3) is 6.09. The van der Waals surface area contributed by atoms with Gasteiger partial charge in [0.2, 0.25) is 5.91 Å². The first kappa shape index (κ1) is 22.0. The fraction of sp³-hybridized carbons (Fsp3) is 0.632. The van der Waals surface area contributed by atoms with Gasteiger partial charge in [-0.1, -0.05) is 12.5 Å². The predicted molar refractivity (Wildman–Crippen MR) is 109 cm³/mol. The second-order valence-corrected chi connectivity index (χ2v) is 9.95. The fourth-order valence-electron chi connectivity index (χ4n) is 4.22. The van der Waals surface area contributed by atoms with E-state index in [0.29, 0.717) is 23.3 Å². The van der Waals surface area contributed by atoms with Gasteiger partial charge < -0.3 is 15.8 Å². The van der Waals surface area contributed by atoms with Crippen molar-refractivity contribution in [3.05, 3.63) is 24.3 Å². The summed E-state index contributed by atoms with van der Waals surface area (Å²) in [4.78, 5) is 12.7. The zero-order valence-electron chi connectivity index (χ0n) is 15.6. The van der Waals surface area contributed by atoms with Crippen LogP contribution in [0.15, 0.2) is 24.3 Å². The second kappa shape index (κ2) is 9.26. The Bertz CT molecular complexity index is 742. The smallest absolute Gasteiger partial charge is 0.227 e. The third-order valence-corrected chi connectivity index (χ3v) is 6.52. The van der Waals surface area contributed by atoms with Crippen LogP contribution in [0.3, 0.4) is 0 Å². The topological polar surface area (TPSA) is 98.5 Å². The van der Waals surface area contributed by atoms with Gasteiger partial charge in [-0.3, -0.25) is 4.79 Å². The van der Waals surface area contributed by atoms with E-state index in [0.717, 1.165) is 25.7 Å². The molecule has 3 rings (SSSR count). The Morgan fingerprint density at radius 3 is 2.56 bits per heavy atom. The molecule has 2 fully saturated rings. The van der Waals surface area contributed by atoms with E-state index in [4.69, 9.17) is 10.5 Å². The van der Waals surface area contributed by atoms with Crippen molar-refractivity contribution in [2.75, 3.05) is 23.9 Å². The highest BCUT2D eigenvalue weighted by molar-refractivity contribution is 7.90. The second-order valence-electron chi connectivity index (χ2n) is 7.69. The van der Waals surface area contributed by atoms with Gasteiger partial charge in [-0.05, 0) is 49.7 Å². The minimum absolute atomic E-state index is 0. The Labute approximate surface area is 167 Å². The first-order chi connectivity index (χ1) is 12.3. The number of carbonyl (C=O) groups excluding carboxylic acids is 1. The molecule has 1 aromatic carbocycles. The maximum absolute atomic E-state index is 12.7. The van der Waals surface area contributed by atoms with E-state index in [1.54, 1.807) is 18.2 Å². The largest absolute Gasteiger partial charge is 0.492 e. The molecule has 0 saturated heterocycles. The van der Waals surface area contributed by atoms with Gasteiger partial charge >= 0.3 is 0 Å². The number of halogens is 1. The number of rotatable bonds is 6. The summed E-state index contributed by atoms with van der Waals surface area (Å²) >= 11 is 0. The zero-order valence-corrected chi connectivity index (χ0v) is 17.2. The van der Waals surface area contributed by atoms with Gasteiger partial charge in [0.05, 0.1) is 5.75 Å². The molecule has 2 bridgehead atoms. The number of fused-ring (bicyclic) bond motifs is 2. The molecule has 0 aliphatic heterocycles. The zero-order chi connectivity index (χ0) is 18.7. The van der Waals surface area contributed by atoms with Crippen LogP contribution in [0.1, 0.15) is 32.1 Å². The highest BCUT2D eigenvalue weighted by atomic mass is 35.5. The molecule has 27 heavy (non-hydrogen) atoms. The molecule has 2 saturated carbocycles. The molecule has 0 radical (unpaired) electrons. The monoisotopic (exact) mass is 416 g/mol. The highest BCUT2D eigenvalue weighted by Crippen LogP contribution is 2.42. The van der Waals surface area contributed by atoms with Gasteiger partial charge in [-0.2, -0.15) is 0 Å². The average Bonchev–Trinajstić information content (AvgIpc) is 2.53. The summed E-state index contributed by atoms with van der Waals surface area (Å²) in [6, 6.07) is 7.34. The van der Waals surface area contributed by atoms with Gasteiger partial charge in [0.1, 0.15) is 12.4 Å². The fourth-order valence-corrected chi connectivity index (χ4v) is 4.61. The quantitative estimate of drug-likeness (QED) is 0.742. The molecule has 0 aromatic heterocycles. The lowest BCUT2D eigenvalue weighted by molar-refractivity contribution is -0.122. The number of nitrogens with two attached hydrogens (primary N) is 1. The van der Waals surface area contributed by atoms with E-state index in [9.17, 15) is 13.2 Å². The Kier molecular flexibility index (Phi) is 7.54. The molecule has 2 aliphatic carbocycles. The summed E-state index contributed by atoms with van der Waals surface area (Å²) in [5.41, 5.74) is 6.98. The standard InChI is InChI=1S/C19H28N2O4S.ClH/c1-26(23,24)9-8-25-17-7-3-6-16(12-17)21-19(22)15-10-13-4-2-5-14(11-15)18(13)20;/h3,6-7,12-15,18H,2,4-5,8-11,20H2,1H3,(H,21,22);1H. The first-order valence-corrected chi connectivity index (χ1v) is 11.3. The lowest BCUT2D eigenvalue weighted by Gasteiger charge is -2.43. The lowest BCUT2D eigenvalue weighted by atomic mass is 9.65. The summed E-state index contributed by atoms with van der Waals surface area (Å²) in [5, 5.41) is 2.98. The number of sulfone groups is 1. The van der Waals surface area contributed by atoms with Crippen LogP contribution in [-0.4, -0.2) is 39.0 Å². The van der Waals surface area contributed by atoms with Gasteiger partial charge in [0, 0.05) is 30.0 Å². The summed E-state index contributed by atoms with van der Waals surface area (Å²) in [7, 11) is -3.05. The van der Waals surface area contributed by atoms with E-state index in [1.807, 2.05) is 6.07 Å². The molecule has 2 atom stereocenters. The number of amides is 1. The van der Waals surface area contributed by atoms with Crippen LogP contribution >= 0.6 is 12.4 Å². The minimum Gasteiger partial charge on any atom is -0.492 e. The first-order valence-electron chi connectivity index (χ1n) is 9.29. The van der Waals surface area contributed by atoms with E-state index in [1.165, 1.54) is 12.7 Å². The number of anilines is 1. The Morgan fingerprint density at radius 1 is 1.26 bits per heavy atom. The molecule has 2 unspecified atom stereocenters. The van der Waals surface area contributed by atoms with Crippen molar-refractivity contribution in [1.29, 1.82) is 0 Å². The molecule has 2 aliphatic rings. The van der Waals surface area contributed by atoms with Crippen molar-refractivity contribution in [3.63, 3.8) is 0 Å². The number of hydrogen-bond donors (Lipinski definition) is 2. The van der Waals surface area contributed by atoms with Crippen LogP contribution in [-0.2, 0) is 14.6 Å². The van der Waals surface area contributed by atoms with Gasteiger partial charge in [0.15, 0.2) is 9.84 Å². The van der Waals surface area contributed by atoms with E-state index < -0.39 is 9.84 Å². The molecule has 1 amide bonds. The van der Waals surface area contributed by atoms with Crippen molar-refractivity contribution in [2.24, 2.45) is 23.5 Å². The molecule has 3 N–H and O–H groups in total. The summed E-state index contributed by atoms with van der Waals surface area (Å²) in [6.07, 6.45) is 6.40. The molecule has 8 heteroatoms. The van der Waals surface area contributed by atoms with E-state index in [-0.39, 0.29) is 42.6 Å². The Balaban J connectivity index is 0.00000261. The van der Waals surface area contributed by atoms with Crippen molar-refractivity contribution >= 4 is 33.8 Å². The number of ether oxygens (including phenoxy) is 1. The van der Waals surface area contributed by atoms with E-state index >= 15 is 0 Å². The Morgan fingerprint density at radius 2 is 1.93 bits per heavy atom. The van der Waals surface area contributed by atoms with Crippen molar-refractivity contribution in [1.82, 2.24) is 0 Å². The maximum atomic E-state index is 12.7. The van der Waals surface area contributed by atoms with Crippen molar-refractivity contribution in [2.45, 2.75) is 38.1 Å². The van der Waals surface area contributed by atoms with Crippen LogP contribution < -0.4 is 15.8 Å². The molecule has 0 spiro atoms. The number of nitrogens with one attached hydrogen (secondary N) is 1. The van der Waals surface area contributed by atoms with Crippen LogP contribution in [0.2, 0.25) is 0 Å². The minimum atomic E-state index is -3.05. The molecular formula is C19H29ClN2O4S. The predicted octanol–water partition coefficient (Wildman–Crippen LogP) is 2.62. The molecule has 6 nitrogen and oxygen atoms in total. The van der Waals surface area contributed by atoms with Crippen LogP contribution in [0, 0.1) is 17.8 Å². The van der Waals surface area contributed by atoms with Crippen molar-refractivity contribution < 1.29 is 17.9 Å². The van der Waals surface area contributed by atoms with Crippen LogP contribution in [0.25, 0.3) is 0 Å². The SMILES string of the molecule is CS(=O)(=O)CCOc1cccc(NC(=O)C2CC3CCCC(C2)C3N)c1.Cl. The molecule has 152 valence electrons. The van der Waals surface area contributed by atoms with Crippen LogP contribution in [0.4, 0.5) is 5.69 Å². The number of carbonyl (C=O) groups is 1. The molecular weight excluding hydrogens is 388 g/mol. The average molecular weight is 417 g/mol. The summed E-state index contributed by atoms with van der Waals surface area (Å²) in [5.74, 6) is 1.50. The third-order valence-electron chi connectivity index (χ3n) is 5.61. The molecule has 1 aromatic rings. The Hall–Kier alpha value is -1.31. The normalized spacial score (nSPS) is 27.3. The van der Waals surface area contributed by atoms with Gasteiger partial charge in [0.25, 0.3) is 0 Å². The lowest BCUT2D eigenvalue weighted by Crippen LogP contribution is -2.48. The summed E-state index contributed by atoms with van der Waals surface area (Å²) in [6.45, 7) is 0.0973. The maximum Gasteiger partial charge on any atom is 0.227 e. The van der Waals surface area contributed by atoms with Crippen molar-refractivity contribution in [3.8, 4) is 5.75 Å². The number of benzene rings is 1. The van der Waals surface area contributed by atoms with Crippen LogP contribution in [0.5, 0.6) is 5.75 Å². The highest BCUT2D eigenvalue weighted by Gasteiger charge is 2.40. The number of hydrogen-bond acceptors (Lipinski definition) is 5. The van der Waals surface area contributed by atoms with Gasteiger partial charge in [-0.15, -0.1) is 12.4 Å². The molecule has 0 heterocycles.